The zero-order valence-electron chi connectivity index (χ0n) is 20.2. The first-order chi connectivity index (χ1) is 17.6. The van der Waals surface area contributed by atoms with Crippen LogP contribution in [-0.4, -0.2) is 83.2 Å². The lowest BCUT2D eigenvalue weighted by Crippen LogP contribution is -2.65. The largest absolute Gasteiger partial charge is 0.501 e. The first-order valence-electron chi connectivity index (χ1n) is 11.5. The molecule has 16 heteroatoms. The molecular weight excluding hydrogens is 495 g/mol. The van der Waals surface area contributed by atoms with Crippen molar-refractivity contribution in [1.82, 2.24) is 14.6 Å². The molecule has 2 aliphatic rings. The van der Waals surface area contributed by atoms with E-state index in [2.05, 4.69) is 10.1 Å². The zero-order valence-corrected chi connectivity index (χ0v) is 20.2. The van der Waals surface area contributed by atoms with Crippen molar-refractivity contribution in [3.63, 3.8) is 0 Å². The molecule has 184 valence electrons. The Morgan fingerprint density at radius 3 is 2.24 bits per heavy atom. The number of ether oxygens (including phenoxy) is 3. The third-order valence-corrected chi connectivity index (χ3v) is 6.42. The number of fused-ring (bicyclic) bond motifs is 2. The Kier molecular flexibility index (Phi) is 6.03. The number of aryl methyl sites for hydroxylation is 1. The zero-order chi connectivity index (χ0) is 27.7. The fraction of sp³-hybridized carbons (Fsp3) is 0.409. The predicted octanol–water partition coefficient (Wildman–Crippen LogP) is 0.714. The van der Waals surface area contributed by atoms with Crippen molar-refractivity contribution in [3.8, 4) is 17.2 Å². The number of benzene rings is 1. The number of nitrogens with zero attached hydrogens (tertiary/aromatic N) is 4. The van der Waals surface area contributed by atoms with Crippen molar-refractivity contribution in [2.24, 2.45) is 0 Å². The average molecular weight is 511 g/mol. The minimum absolute atomic E-state index is 0.170. The predicted molar refractivity (Wildman–Crippen MR) is 136 cm³/mol. The molecule has 3 aromatic rings. The highest BCUT2D eigenvalue weighted by molar-refractivity contribution is 6.53. The highest BCUT2D eigenvalue weighted by atomic mass is 19.4. The first kappa shape index (κ1) is 26.4. The molecule has 5 rings (SSSR count). The van der Waals surface area contributed by atoms with Gasteiger partial charge in [0.2, 0.25) is 0 Å². The second kappa shape index (κ2) is 8.67. The number of hydrogen-bond acceptors (Lipinski definition) is 7. The average Bonchev–Trinajstić information content (AvgIpc) is 2.79. The van der Waals surface area contributed by atoms with E-state index >= 15 is 0 Å². The summed E-state index contributed by atoms with van der Waals surface area (Å²) in [7, 11) is 29.7. The number of alkyl halides is 3. The number of piperidine rings is 1. The molecule has 0 bridgehead atoms. The lowest BCUT2D eigenvalue weighted by molar-refractivity contribution is -0.141. The molecule has 0 unspecified atom stereocenters. The Labute approximate surface area is 222 Å². The number of rotatable bonds is 3. The number of anilines is 1. The molecule has 0 atom stereocenters. The topological polar surface area (TPSA) is 78.2 Å². The highest BCUT2D eigenvalue weighted by Crippen LogP contribution is 2.42. The van der Waals surface area contributed by atoms with Gasteiger partial charge in [0.05, 0.1) is 5.50 Å². The first-order valence-corrected chi connectivity index (χ1v) is 11.5. The summed E-state index contributed by atoms with van der Waals surface area (Å²) in [6.07, 6.45) is -4.04. The molecule has 4 heterocycles. The van der Waals surface area contributed by atoms with Crippen LogP contribution in [0.4, 0.5) is 19.0 Å². The van der Waals surface area contributed by atoms with Crippen molar-refractivity contribution in [3.05, 3.63) is 51.9 Å². The molecule has 0 N–H and O–H groups in total. The van der Waals surface area contributed by atoms with Gasteiger partial charge >= 0.3 is 6.18 Å². The van der Waals surface area contributed by atoms with E-state index in [0.29, 0.717) is 49.1 Å². The number of hydrogen-bond donors (Lipinski definition) is 0. The van der Waals surface area contributed by atoms with Crippen molar-refractivity contribution >= 4 is 50.7 Å². The third-order valence-electron chi connectivity index (χ3n) is 6.42. The third kappa shape index (κ3) is 4.73. The minimum Gasteiger partial charge on any atom is -0.501 e. The molecule has 1 fully saturated rings. The van der Waals surface area contributed by atoms with Crippen LogP contribution in [0, 0.1) is 6.92 Å². The van der Waals surface area contributed by atoms with Crippen LogP contribution in [0.5, 0.6) is 17.2 Å². The van der Waals surface area contributed by atoms with E-state index in [9.17, 15) is 18.0 Å². The molecule has 0 amide bonds. The Morgan fingerprint density at radius 2 is 1.61 bits per heavy atom. The van der Waals surface area contributed by atoms with Gasteiger partial charge < -0.3 is 19.1 Å². The lowest BCUT2D eigenvalue weighted by atomic mass is 9.41. The fourth-order valence-corrected chi connectivity index (χ4v) is 4.25. The fourth-order valence-electron chi connectivity index (χ4n) is 4.25. The summed E-state index contributed by atoms with van der Waals surface area (Å²) in [4.78, 5) is 17.7. The van der Waals surface area contributed by atoms with Crippen molar-refractivity contribution in [1.29, 1.82) is 0 Å². The molecule has 0 spiro atoms. The van der Waals surface area contributed by atoms with E-state index in [0.717, 1.165) is 4.52 Å². The Morgan fingerprint density at radius 1 is 0.974 bits per heavy atom. The van der Waals surface area contributed by atoms with Crippen molar-refractivity contribution in [2.75, 3.05) is 18.0 Å². The summed E-state index contributed by atoms with van der Waals surface area (Å²) in [6.45, 7) is 2.46. The van der Waals surface area contributed by atoms with Gasteiger partial charge in [0.25, 0.3) is 5.56 Å². The molecule has 8 nitrogen and oxygen atoms in total. The van der Waals surface area contributed by atoms with Crippen LogP contribution in [0.1, 0.15) is 24.1 Å². The van der Waals surface area contributed by atoms with Crippen LogP contribution in [-0.2, 0) is 6.18 Å². The molecule has 2 aliphatic heterocycles. The monoisotopic (exact) mass is 512 g/mol. The highest BCUT2D eigenvalue weighted by Gasteiger charge is 2.43. The summed E-state index contributed by atoms with van der Waals surface area (Å²) in [5.74, 6) is 1.18. The summed E-state index contributed by atoms with van der Waals surface area (Å²) in [5, 5.41) is 0.314. The van der Waals surface area contributed by atoms with Gasteiger partial charge in [0.15, 0.2) is 28.7 Å². The quantitative estimate of drug-likeness (QED) is 0.480. The van der Waals surface area contributed by atoms with Crippen LogP contribution < -0.4 is 24.7 Å². The Balaban J connectivity index is 1.32. The molecule has 2 aromatic heterocycles. The van der Waals surface area contributed by atoms with Gasteiger partial charge in [-0.1, -0.05) is 0 Å². The summed E-state index contributed by atoms with van der Waals surface area (Å²) < 4.78 is 57.0. The summed E-state index contributed by atoms with van der Waals surface area (Å²) in [5.41, 5.74) is -2.92. The van der Waals surface area contributed by atoms with Crippen LogP contribution >= 0.6 is 0 Å². The maximum absolute atomic E-state index is 13.0. The Hall–Kier alpha value is -3.18. The van der Waals surface area contributed by atoms with Crippen LogP contribution in [0.25, 0.3) is 5.65 Å². The molecule has 38 heavy (non-hydrogen) atoms. The van der Waals surface area contributed by atoms with Gasteiger partial charge in [-0.15, -0.1) is 5.10 Å². The molecule has 10 radical (unpaired) electrons. The Bertz CT molecular complexity index is 1480. The standard InChI is InChI=1S/C22H16B5F3N4O4/c1-11-8-16-31-15(20(28,29)30)10-17(35)34(16)32-18(11)33-6-4-19(23,5-7-33)36-12-2-3-13-14(9-12)38-22(26,27)21(24,25)37-13/h2-3,8-10H,4-7H2,1H3. The smallest absolute Gasteiger partial charge is 0.433 e. The van der Waals surface area contributed by atoms with E-state index in [1.165, 1.54) is 18.2 Å². The number of aromatic nitrogens is 3. The normalized spacial score (nSPS) is 19.7. The maximum atomic E-state index is 13.0. The molecule has 0 aliphatic carbocycles. The van der Waals surface area contributed by atoms with Crippen LogP contribution in [0.3, 0.4) is 0 Å². The molecular formula is C22H16B5F3N4O4. The van der Waals surface area contributed by atoms with Crippen LogP contribution in [0.15, 0.2) is 35.1 Å². The second-order valence-electron chi connectivity index (χ2n) is 9.45. The van der Waals surface area contributed by atoms with E-state index in [4.69, 9.17) is 53.4 Å². The summed E-state index contributed by atoms with van der Waals surface area (Å²) >= 11 is 0. The van der Waals surface area contributed by atoms with Gasteiger partial charge in [-0.3, -0.25) is 4.79 Å². The minimum atomic E-state index is -4.74. The van der Waals surface area contributed by atoms with Gasteiger partial charge in [-0.25, -0.2) is 4.98 Å². The van der Waals surface area contributed by atoms with Gasteiger partial charge in [0, 0.05) is 36.0 Å². The van der Waals surface area contributed by atoms with Crippen molar-refractivity contribution < 1.29 is 27.4 Å². The molecule has 1 aromatic carbocycles. The van der Waals surface area contributed by atoms with Gasteiger partial charge in [-0.2, -0.15) is 17.7 Å². The maximum Gasteiger partial charge on any atom is 0.433 e. The molecule has 1 saturated heterocycles. The van der Waals surface area contributed by atoms with Crippen LogP contribution in [0.2, 0.25) is 0 Å². The lowest BCUT2D eigenvalue weighted by Gasteiger charge is -2.48. The molecule has 0 saturated carbocycles. The summed E-state index contributed by atoms with van der Waals surface area (Å²) in [6, 6.07) is 6.45. The van der Waals surface area contributed by atoms with E-state index < -0.39 is 33.7 Å². The SMILES string of the molecule is [B]C1(Oc2ccc3c(c2)OC([B])([B])C([B])([B])O3)CCN(c2nn3c(=O)cc(C(F)(F)F)nc3cc2C)CC1. The van der Waals surface area contributed by atoms with E-state index in [1.54, 1.807) is 13.0 Å². The van der Waals surface area contributed by atoms with E-state index in [-0.39, 0.29) is 17.1 Å². The van der Waals surface area contributed by atoms with E-state index in [1.807, 2.05) is 4.90 Å². The van der Waals surface area contributed by atoms with Gasteiger partial charge in [-0.05, 0) is 43.5 Å². The number of halogens is 3. The second-order valence-corrected chi connectivity index (χ2v) is 9.45. The van der Waals surface area contributed by atoms with Crippen molar-refractivity contribution in [2.45, 2.75) is 42.2 Å². The van der Waals surface area contributed by atoms with Gasteiger partial charge in [0.1, 0.15) is 45.0 Å².